The first-order chi connectivity index (χ1) is 11.7. The molecule has 4 rings (SSSR count). The maximum absolute atomic E-state index is 5.63. The molecule has 0 bridgehead atoms. The molecule has 0 spiro atoms. The van der Waals surface area contributed by atoms with Gasteiger partial charge in [-0.2, -0.15) is 0 Å². The van der Waals surface area contributed by atoms with Crippen LogP contribution in [0.1, 0.15) is 11.1 Å². The molecule has 0 aliphatic heterocycles. The number of fused-ring (bicyclic) bond motifs is 1. The van der Waals surface area contributed by atoms with Crippen molar-refractivity contribution in [2.24, 2.45) is 0 Å². The first kappa shape index (κ1) is 15.9. The van der Waals surface area contributed by atoms with Gasteiger partial charge in [-0.3, -0.25) is 0 Å². The van der Waals surface area contributed by atoms with Crippen molar-refractivity contribution in [1.82, 2.24) is 4.98 Å². The van der Waals surface area contributed by atoms with Gasteiger partial charge in [-0.1, -0.05) is 54.1 Å². The molecule has 0 aliphatic carbocycles. The van der Waals surface area contributed by atoms with E-state index >= 15 is 0 Å². The van der Waals surface area contributed by atoms with Gasteiger partial charge in [0.05, 0.1) is 0 Å². The maximum atomic E-state index is 5.63. The lowest BCUT2D eigenvalue weighted by molar-refractivity contribution is 0.482. The zero-order chi connectivity index (χ0) is 16.8. The molecule has 4 aromatic rings. The van der Waals surface area contributed by atoms with Crippen LogP contribution in [-0.4, -0.2) is 4.98 Å². The highest BCUT2D eigenvalue weighted by Gasteiger charge is 1.95. The number of H-pyrrole nitrogens is 1. The molecule has 0 fully saturated rings. The standard InChI is InChI=1S/C13H12O.C9H9N/c1-11-7-9-13(10-8-11)14-12-5-3-2-4-6-12;1-7-6-10-9-5-3-2-4-8(7)9/h2-10H,1H3;2-6,10H,1H3. The van der Waals surface area contributed by atoms with Crippen LogP contribution in [0.4, 0.5) is 0 Å². The van der Waals surface area contributed by atoms with Gasteiger partial charge in [-0.25, -0.2) is 0 Å². The van der Waals surface area contributed by atoms with Gasteiger partial charge in [0.15, 0.2) is 0 Å². The van der Waals surface area contributed by atoms with Gasteiger partial charge in [-0.05, 0) is 49.7 Å². The van der Waals surface area contributed by atoms with E-state index in [1.54, 1.807) is 0 Å². The molecule has 1 aromatic heterocycles. The van der Waals surface area contributed by atoms with Crippen LogP contribution < -0.4 is 4.74 Å². The van der Waals surface area contributed by atoms with Crippen molar-refractivity contribution in [3.05, 3.63) is 96.2 Å². The molecule has 0 radical (unpaired) electrons. The summed E-state index contributed by atoms with van der Waals surface area (Å²) in [6.07, 6.45) is 2.03. The highest BCUT2D eigenvalue weighted by Crippen LogP contribution is 2.20. The molecule has 2 heteroatoms. The number of ether oxygens (including phenoxy) is 1. The average molecular weight is 315 g/mol. The van der Waals surface area contributed by atoms with Gasteiger partial charge in [0, 0.05) is 17.1 Å². The van der Waals surface area contributed by atoms with Crippen LogP contribution in [-0.2, 0) is 0 Å². The topological polar surface area (TPSA) is 25.0 Å². The molecule has 1 N–H and O–H groups in total. The molecular formula is C22H21NO. The van der Waals surface area contributed by atoms with Crippen LogP contribution >= 0.6 is 0 Å². The first-order valence-electron chi connectivity index (χ1n) is 8.04. The fourth-order valence-corrected chi connectivity index (χ4v) is 2.45. The number of hydrogen-bond donors (Lipinski definition) is 1. The van der Waals surface area contributed by atoms with Crippen LogP contribution in [0.3, 0.4) is 0 Å². The third-order valence-electron chi connectivity index (χ3n) is 3.80. The molecule has 0 aliphatic rings. The summed E-state index contributed by atoms with van der Waals surface area (Å²) >= 11 is 0. The van der Waals surface area contributed by atoms with Crippen molar-refractivity contribution in [1.29, 1.82) is 0 Å². The summed E-state index contributed by atoms with van der Waals surface area (Å²) in [5, 5.41) is 1.32. The normalized spacial score (nSPS) is 10.1. The second-order valence-electron chi connectivity index (χ2n) is 5.75. The molecule has 3 aromatic carbocycles. The zero-order valence-corrected chi connectivity index (χ0v) is 14.0. The predicted molar refractivity (Wildman–Crippen MR) is 101 cm³/mol. The van der Waals surface area contributed by atoms with E-state index in [-0.39, 0.29) is 0 Å². The fraction of sp³-hybridized carbons (Fsp3) is 0.0909. The highest BCUT2D eigenvalue weighted by atomic mass is 16.5. The van der Waals surface area contributed by atoms with Gasteiger partial charge < -0.3 is 9.72 Å². The van der Waals surface area contributed by atoms with Crippen LogP contribution in [0.25, 0.3) is 10.9 Å². The largest absolute Gasteiger partial charge is 0.457 e. The van der Waals surface area contributed by atoms with Gasteiger partial charge >= 0.3 is 0 Å². The summed E-state index contributed by atoms with van der Waals surface area (Å²) in [6.45, 7) is 4.17. The Hall–Kier alpha value is -3.00. The second kappa shape index (κ2) is 7.51. The lowest BCUT2D eigenvalue weighted by Crippen LogP contribution is -1.82. The number of aromatic amines is 1. The summed E-state index contributed by atoms with van der Waals surface area (Å²) in [5.74, 6) is 1.75. The third-order valence-corrected chi connectivity index (χ3v) is 3.80. The minimum absolute atomic E-state index is 0.872. The average Bonchev–Trinajstić information content (AvgIpc) is 3.00. The van der Waals surface area contributed by atoms with E-state index in [2.05, 4.69) is 37.0 Å². The number of nitrogens with one attached hydrogen (secondary N) is 1. The van der Waals surface area contributed by atoms with E-state index in [4.69, 9.17) is 4.74 Å². The van der Waals surface area contributed by atoms with Crippen LogP contribution in [0.2, 0.25) is 0 Å². The van der Waals surface area contributed by atoms with Gasteiger partial charge in [0.2, 0.25) is 0 Å². The lowest BCUT2D eigenvalue weighted by atomic mass is 10.2. The predicted octanol–water partition coefficient (Wildman–Crippen LogP) is 6.26. The van der Waals surface area contributed by atoms with Crippen molar-refractivity contribution in [3.63, 3.8) is 0 Å². The number of aromatic nitrogens is 1. The molecule has 0 saturated carbocycles. The van der Waals surface area contributed by atoms with Gasteiger partial charge in [0.1, 0.15) is 11.5 Å². The van der Waals surface area contributed by atoms with E-state index in [0.717, 1.165) is 11.5 Å². The van der Waals surface area contributed by atoms with Gasteiger partial charge in [0.25, 0.3) is 0 Å². The third kappa shape index (κ3) is 4.05. The Balaban J connectivity index is 0.000000149. The van der Waals surface area contributed by atoms with Crippen LogP contribution in [0.5, 0.6) is 11.5 Å². The number of hydrogen-bond acceptors (Lipinski definition) is 1. The highest BCUT2D eigenvalue weighted by molar-refractivity contribution is 5.82. The van der Waals surface area contributed by atoms with Crippen molar-refractivity contribution in [2.75, 3.05) is 0 Å². The molecule has 2 nitrogen and oxygen atoms in total. The summed E-state index contributed by atoms with van der Waals surface area (Å²) in [5.41, 5.74) is 3.78. The van der Waals surface area contributed by atoms with Crippen molar-refractivity contribution in [2.45, 2.75) is 13.8 Å². The molecule has 0 amide bonds. The molecule has 0 saturated heterocycles. The molecule has 120 valence electrons. The minimum atomic E-state index is 0.872. The Labute approximate surface area is 142 Å². The van der Waals surface area contributed by atoms with E-state index < -0.39 is 0 Å². The molecule has 1 heterocycles. The van der Waals surface area contributed by atoms with Crippen molar-refractivity contribution >= 4 is 10.9 Å². The molecule has 0 unspecified atom stereocenters. The Morgan fingerprint density at radius 3 is 2.00 bits per heavy atom. The lowest BCUT2D eigenvalue weighted by Gasteiger charge is -2.04. The van der Waals surface area contributed by atoms with Crippen LogP contribution in [0.15, 0.2) is 85.1 Å². The monoisotopic (exact) mass is 315 g/mol. The van der Waals surface area contributed by atoms with Crippen molar-refractivity contribution in [3.8, 4) is 11.5 Å². The summed E-state index contributed by atoms with van der Waals surface area (Å²) in [6, 6.07) is 26.1. The van der Waals surface area contributed by atoms with Crippen LogP contribution in [0, 0.1) is 13.8 Å². The maximum Gasteiger partial charge on any atom is 0.127 e. The quantitative estimate of drug-likeness (QED) is 0.464. The first-order valence-corrected chi connectivity index (χ1v) is 8.04. The van der Waals surface area contributed by atoms with E-state index in [1.807, 2.05) is 66.9 Å². The van der Waals surface area contributed by atoms with E-state index in [1.165, 1.54) is 22.0 Å². The Kier molecular flexibility index (Phi) is 4.97. The summed E-state index contributed by atoms with van der Waals surface area (Å²) in [7, 11) is 0. The second-order valence-corrected chi connectivity index (χ2v) is 5.75. The SMILES string of the molecule is Cc1c[nH]c2ccccc12.Cc1ccc(Oc2ccccc2)cc1. The number of rotatable bonds is 2. The smallest absolute Gasteiger partial charge is 0.127 e. The number of para-hydroxylation sites is 2. The van der Waals surface area contributed by atoms with E-state index in [9.17, 15) is 0 Å². The Morgan fingerprint density at radius 1 is 0.667 bits per heavy atom. The van der Waals surface area contributed by atoms with Crippen molar-refractivity contribution < 1.29 is 4.74 Å². The minimum Gasteiger partial charge on any atom is -0.457 e. The molecular weight excluding hydrogens is 294 g/mol. The van der Waals surface area contributed by atoms with E-state index in [0.29, 0.717) is 0 Å². The fourth-order valence-electron chi connectivity index (χ4n) is 2.45. The Morgan fingerprint density at radius 2 is 1.29 bits per heavy atom. The summed E-state index contributed by atoms with van der Waals surface area (Å²) in [4.78, 5) is 3.19. The Bertz CT molecular complexity index is 892. The summed E-state index contributed by atoms with van der Waals surface area (Å²) < 4.78 is 5.63. The number of aryl methyl sites for hydroxylation is 2. The molecule has 24 heavy (non-hydrogen) atoms. The number of benzene rings is 3. The van der Waals surface area contributed by atoms with Gasteiger partial charge in [-0.15, -0.1) is 0 Å². The molecule has 0 atom stereocenters. The zero-order valence-electron chi connectivity index (χ0n) is 14.0.